The van der Waals surface area contributed by atoms with Crippen LogP contribution in [0.5, 0.6) is 0 Å². The monoisotopic (exact) mass is 237 g/mol. The SMILES string of the molecule is CC(C)CN1CCC(O)(c2cnn(C)c2)CC1. The summed E-state index contributed by atoms with van der Waals surface area (Å²) in [6.45, 7) is 7.56. The maximum atomic E-state index is 10.6. The maximum absolute atomic E-state index is 10.6. The van der Waals surface area contributed by atoms with Crippen molar-refractivity contribution in [2.75, 3.05) is 19.6 Å². The molecule has 0 saturated carbocycles. The van der Waals surface area contributed by atoms with E-state index in [4.69, 9.17) is 0 Å². The van der Waals surface area contributed by atoms with E-state index in [1.165, 1.54) is 0 Å². The second-order valence-electron chi connectivity index (χ2n) is 5.63. The Labute approximate surface area is 103 Å². The van der Waals surface area contributed by atoms with Crippen LogP contribution < -0.4 is 0 Å². The highest BCUT2D eigenvalue weighted by Crippen LogP contribution is 2.32. The first-order valence-corrected chi connectivity index (χ1v) is 6.43. The number of piperidine rings is 1. The van der Waals surface area contributed by atoms with Crippen LogP contribution in [0.25, 0.3) is 0 Å². The first-order valence-electron chi connectivity index (χ1n) is 6.43. The van der Waals surface area contributed by atoms with E-state index in [0.717, 1.165) is 38.0 Å². The molecule has 0 atom stereocenters. The number of aryl methyl sites for hydroxylation is 1. The Morgan fingerprint density at radius 1 is 1.41 bits per heavy atom. The molecule has 2 rings (SSSR count). The third-order valence-corrected chi connectivity index (χ3v) is 3.55. The van der Waals surface area contributed by atoms with Crippen molar-refractivity contribution < 1.29 is 5.11 Å². The number of rotatable bonds is 3. The van der Waals surface area contributed by atoms with Gasteiger partial charge in [0.25, 0.3) is 0 Å². The van der Waals surface area contributed by atoms with E-state index in [1.807, 2.05) is 13.2 Å². The van der Waals surface area contributed by atoms with Gasteiger partial charge in [0.2, 0.25) is 0 Å². The lowest BCUT2D eigenvalue weighted by Gasteiger charge is -2.38. The predicted molar refractivity (Wildman–Crippen MR) is 67.6 cm³/mol. The summed E-state index contributed by atoms with van der Waals surface area (Å²) in [5, 5.41) is 14.8. The van der Waals surface area contributed by atoms with Crippen LogP contribution in [0.3, 0.4) is 0 Å². The topological polar surface area (TPSA) is 41.3 Å². The average Bonchev–Trinajstić information content (AvgIpc) is 2.69. The number of nitrogens with zero attached hydrogens (tertiary/aromatic N) is 3. The Bertz CT molecular complexity index is 364. The van der Waals surface area contributed by atoms with E-state index in [2.05, 4.69) is 23.8 Å². The Hall–Kier alpha value is -0.870. The molecule has 0 radical (unpaired) electrons. The molecule has 2 heterocycles. The van der Waals surface area contributed by atoms with Gasteiger partial charge in [-0.25, -0.2) is 0 Å². The first-order chi connectivity index (χ1) is 7.99. The van der Waals surface area contributed by atoms with Gasteiger partial charge in [0.05, 0.1) is 11.8 Å². The first kappa shape index (κ1) is 12.6. The summed E-state index contributed by atoms with van der Waals surface area (Å²) >= 11 is 0. The van der Waals surface area contributed by atoms with E-state index in [-0.39, 0.29) is 0 Å². The molecule has 17 heavy (non-hydrogen) atoms. The molecule has 1 N–H and O–H groups in total. The van der Waals surface area contributed by atoms with Gasteiger partial charge in [0, 0.05) is 38.4 Å². The molecule has 4 heteroatoms. The molecule has 1 aromatic heterocycles. The van der Waals surface area contributed by atoms with E-state index >= 15 is 0 Å². The third-order valence-electron chi connectivity index (χ3n) is 3.55. The number of likely N-dealkylation sites (tertiary alicyclic amines) is 1. The van der Waals surface area contributed by atoms with Gasteiger partial charge in [-0.1, -0.05) is 13.8 Å². The Morgan fingerprint density at radius 2 is 2.06 bits per heavy atom. The Kier molecular flexibility index (Phi) is 3.54. The van der Waals surface area contributed by atoms with Gasteiger partial charge in [-0.05, 0) is 18.8 Å². The standard InChI is InChI=1S/C13H23N3O/c1-11(2)9-16-6-4-13(17,5-7-16)12-8-14-15(3)10-12/h8,10-11,17H,4-7,9H2,1-3H3. The zero-order chi connectivity index (χ0) is 12.5. The van der Waals surface area contributed by atoms with Crippen molar-refractivity contribution in [1.29, 1.82) is 0 Å². The summed E-state index contributed by atoms with van der Waals surface area (Å²) in [6.07, 6.45) is 5.34. The van der Waals surface area contributed by atoms with Gasteiger partial charge in [-0.2, -0.15) is 5.10 Å². The van der Waals surface area contributed by atoms with Gasteiger partial charge in [0.1, 0.15) is 0 Å². The summed E-state index contributed by atoms with van der Waals surface area (Å²) in [4.78, 5) is 2.44. The molecule has 0 aromatic carbocycles. The molecule has 1 saturated heterocycles. The van der Waals surface area contributed by atoms with Crippen molar-refractivity contribution in [3.05, 3.63) is 18.0 Å². The van der Waals surface area contributed by atoms with Gasteiger partial charge >= 0.3 is 0 Å². The third kappa shape index (κ3) is 2.87. The van der Waals surface area contributed by atoms with Crippen molar-refractivity contribution in [3.63, 3.8) is 0 Å². The molecule has 4 nitrogen and oxygen atoms in total. The predicted octanol–water partition coefficient (Wildman–Crippen LogP) is 1.36. The number of aromatic nitrogens is 2. The van der Waals surface area contributed by atoms with Crippen molar-refractivity contribution in [3.8, 4) is 0 Å². The molecule has 1 aliphatic rings. The van der Waals surface area contributed by atoms with Crippen LogP contribution in [0.2, 0.25) is 0 Å². The fraction of sp³-hybridized carbons (Fsp3) is 0.769. The van der Waals surface area contributed by atoms with Crippen molar-refractivity contribution in [2.45, 2.75) is 32.3 Å². The fourth-order valence-electron chi connectivity index (χ4n) is 2.57. The Balaban J connectivity index is 1.97. The minimum Gasteiger partial charge on any atom is -0.385 e. The number of hydrogen-bond acceptors (Lipinski definition) is 3. The molecule has 1 fully saturated rings. The number of aliphatic hydroxyl groups is 1. The lowest BCUT2D eigenvalue weighted by atomic mass is 9.86. The second kappa shape index (κ2) is 4.78. The second-order valence-corrected chi connectivity index (χ2v) is 5.63. The summed E-state index contributed by atoms with van der Waals surface area (Å²) in [7, 11) is 1.89. The number of hydrogen-bond donors (Lipinski definition) is 1. The summed E-state index contributed by atoms with van der Waals surface area (Å²) in [5.41, 5.74) is 0.297. The minimum atomic E-state index is -0.665. The van der Waals surface area contributed by atoms with Gasteiger partial charge < -0.3 is 10.0 Å². The van der Waals surface area contributed by atoms with Gasteiger partial charge in [-0.3, -0.25) is 4.68 Å². The molecular weight excluding hydrogens is 214 g/mol. The molecule has 1 aromatic rings. The van der Waals surface area contributed by atoms with Crippen LogP contribution in [-0.4, -0.2) is 39.4 Å². The van der Waals surface area contributed by atoms with Crippen molar-refractivity contribution in [2.24, 2.45) is 13.0 Å². The molecule has 0 unspecified atom stereocenters. The van der Waals surface area contributed by atoms with Crippen LogP contribution in [0.1, 0.15) is 32.3 Å². The molecule has 96 valence electrons. The molecule has 0 aliphatic carbocycles. The highest BCUT2D eigenvalue weighted by atomic mass is 16.3. The molecule has 0 amide bonds. The van der Waals surface area contributed by atoms with E-state index < -0.39 is 5.60 Å². The molecule has 0 bridgehead atoms. The normalized spacial score (nSPS) is 21.0. The fourth-order valence-corrected chi connectivity index (χ4v) is 2.57. The van der Waals surface area contributed by atoms with Crippen LogP contribution in [0, 0.1) is 5.92 Å². The smallest absolute Gasteiger partial charge is 0.0951 e. The van der Waals surface area contributed by atoms with Crippen molar-refractivity contribution in [1.82, 2.24) is 14.7 Å². The Morgan fingerprint density at radius 3 is 2.53 bits per heavy atom. The van der Waals surface area contributed by atoms with Crippen molar-refractivity contribution >= 4 is 0 Å². The zero-order valence-electron chi connectivity index (χ0n) is 11.1. The van der Waals surface area contributed by atoms with E-state index in [0.29, 0.717) is 5.92 Å². The van der Waals surface area contributed by atoms with E-state index in [1.54, 1.807) is 10.9 Å². The summed E-state index contributed by atoms with van der Waals surface area (Å²) in [5.74, 6) is 0.694. The van der Waals surface area contributed by atoms with Crippen LogP contribution in [0.4, 0.5) is 0 Å². The minimum absolute atomic E-state index is 0.665. The zero-order valence-corrected chi connectivity index (χ0v) is 11.1. The maximum Gasteiger partial charge on any atom is 0.0951 e. The lowest BCUT2D eigenvalue weighted by molar-refractivity contribution is -0.0280. The van der Waals surface area contributed by atoms with Gasteiger partial charge in [0.15, 0.2) is 0 Å². The van der Waals surface area contributed by atoms with Crippen LogP contribution in [-0.2, 0) is 12.6 Å². The van der Waals surface area contributed by atoms with E-state index in [9.17, 15) is 5.11 Å². The van der Waals surface area contributed by atoms with Crippen LogP contribution >= 0.6 is 0 Å². The highest BCUT2D eigenvalue weighted by molar-refractivity contribution is 5.16. The van der Waals surface area contributed by atoms with Gasteiger partial charge in [-0.15, -0.1) is 0 Å². The lowest BCUT2D eigenvalue weighted by Crippen LogP contribution is -2.43. The van der Waals surface area contributed by atoms with Crippen LogP contribution in [0.15, 0.2) is 12.4 Å². The molecule has 1 aliphatic heterocycles. The summed E-state index contributed by atoms with van der Waals surface area (Å²) in [6, 6.07) is 0. The summed E-state index contributed by atoms with van der Waals surface area (Å²) < 4.78 is 1.76. The largest absolute Gasteiger partial charge is 0.385 e. The quantitative estimate of drug-likeness (QED) is 0.863. The molecule has 0 spiro atoms. The average molecular weight is 237 g/mol. The molecular formula is C13H23N3O. The highest BCUT2D eigenvalue weighted by Gasteiger charge is 2.34.